The van der Waals surface area contributed by atoms with Gasteiger partial charge in [0.05, 0.1) is 18.7 Å². The van der Waals surface area contributed by atoms with E-state index in [1.54, 1.807) is 44.4 Å². The third-order valence-corrected chi connectivity index (χ3v) is 4.53. The van der Waals surface area contributed by atoms with Crippen molar-refractivity contribution in [3.05, 3.63) is 46.3 Å². The van der Waals surface area contributed by atoms with Gasteiger partial charge in [-0.2, -0.15) is 0 Å². The van der Waals surface area contributed by atoms with Crippen LogP contribution in [0.5, 0.6) is 5.75 Å². The lowest BCUT2D eigenvalue weighted by molar-refractivity contribution is 0.0531. The summed E-state index contributed by atoms with van der Waals surface area (Å²) < 4.78 is 10.1. The molecule has 0 aliphatic heterocycles. The number of benzene rings is 1. The molecule has 2 rings (SSSR count). The van der Waals surface area contributed by atoms with Crippen LogP contribution in [0.3, 0.4) is 0 Å². The first-order valence-electron chi connectivity index (χ1n) is 7.48. The van der Waals surface area contributed by atoms with Gasteiger partial charge in [0, 0.05) is 5.56 Å². The van der Waals surface area contributed by atoms with Crippen molar-refractivity contribution in [2.45, 2.75) is 13.8 Å². The highest BCUT2D eigenvalue weighted by molar-refractivity contribution is 7.80. The molecule has 0 unspecified atom stereocenters. The quantitative estimate of drug-likeness (QED) is 0.614. The standard InChI is InChI=1S/C17H18N2O4S2/c1-4-23-16(21)14-10(2)9-13(25-14)18-17(24)19-15(20)11-5-7-12(22-3)8-6-11/h5-9H,4H2,1-3H3,(H2,18,19,20,24). The van der Waals surface area contributed by atoms with Crippen LogP contribution < -0.4 is 15.4 Å². The number of hydrogen-bond acceptors (Lipinski definition) is 6. The number of rotatable bonds is 5. The Hall–Kier alpha value is -2.45. The molecule has 2 aromatic rings. The van der Waals surface area contributed by atoms with Crippen molar-refractivity contribution in [3.63, 3.8) is 0 Å². The Morgan fingerprint density at radius 2 is 1.92 bits per heavy atom. The van der Waals surface area contributed by atoms with Crippen molar-refractivity contribution >= 4 is 45.5 Å². The lowest BCUT2D eigenvalue weighted by atomic mass is 10.2. The zero-order chi connectivity index (χ0) is 18.4. The molecule has 1 amide bonds. The summed E-state index contributed by atoms with van der Waals surface area (Å²) in [4.78, 5) is 24.5. The number of carbonyl (C=O) groups is 2. The third kappa shape index (κ3) is 5.01. The van der Waals surface area contributed by atoms with E-state index in [0.717, 1.165) is 5.56 Å². The number of carbonyl (C=O) groups excluding carboxylic acids is 2. The van der Waals surface area contributed by atoms with Crippen molar-refractivity contribution in [1.82, 2.24) is 5.32 Å². The van der Waals surface area contributed by atoms with Crippen LogP contribution in [0, 0.1) is 6.92 Å². The van der Waals surface area contributed by atoms with E-state index in [1.807, 2.05) is 6.92 Å². The van der Waals surface area contributed by atoms with Crippen molar-refractivity contribution in [2.75, 3.05) is 19.0 Å². The van der Waals surface area contributed by atoms with Crippen LogP contribution in [0.25, 0.3) is 0 Å². The Morgan fingerprint density at radius 1 is 1.24 bits per heavy atom. The zero-order valence-electron chi connectivity index (χ0n) is 14.0. The number of amides is 1. The van der Waals surface area contributed by atoms with Crippen LogP contribution in [0.4, 0.5) is 5.00 Å². The summed E-state index contributed by atoms with van der Waals surface area (Å²) in [5, 5.41) is 6.31. The number of esters is 1. The third-order valence-electron chi connectivity index (χ3n) is 3.19. The van der Waals surface area contributed by atoms with Gasteiger partial charge in [-0.3, -0.25) is 10.1 Å². The number of methoxy groups -OCH3 is 1. The van der Waals surface area contributed by atoms with E-state index < -0.39 is 0 Å². The molecule has 25 heavy (non-hydrogen) atoms. The molecular formula is C17H18N2O4S2. The molecule has 2 N–H and O–H groups in total. The maximum Gasteiger partial charge on any atom is 0.348 e. The van der Waals surface area contributed by atoms with E-state index in [2.05, 4.69) is 10.6 Å². The minimum absolute atomic E-state index is 0.150. The van der Waals surface area contributed by atoms with Gasteiger partial charge in [-0.05, 0) is 62.0 Å². The molecule has 0 aliphatic rings. The number of thiophene rings is 1. The van der Waals surface area contributed by atoms with Crippen molar-refractivity contribution in [1.29, 1.82) is 0 Å². The van der Waals surface area contributed by atoms with Crippen molar-refractivity contribution < 1.29 is 19.1 Å². The van der Waals surface area contributed by atoms with Gasteiger partial charge in [-0.25, -0.2) is 4.79 Å². The average Bonchev–Trinajstić information content (AvgIpc) is 2.95. The molecule has 0 bridgehead atoms. The monoisotopic (exact) mass is 378 g/mol. The molecule has 1 aromatic heterocycles. The van der Waals surface area contributed by atoms with Gasteiger partial charge >= 0.3 is 5.97 Å². The normalized spacial score (nSPS) is 10.0. The Kier molecular flexibility index (Phi) is 6.49. The smallest absolute Gasteiger partial charge is 0.348 e. The molecule has 0 fully saturated rings. The maximum absolute atomic E-state index is 12.2. The molecule has 6 nitrogen and oxygen atoms in total. The number of nitrogens with one attached hydrogen (secondary N) is 2. The molecular weight excluding hydrogens is 360 g/mol. The summed E-state index contributed by atoms with van der Waals surface area (Å²) in [6, 6.07) is 8.46. The first-order chi connectivity index (χ1) is 11.9. The van der Waals surface area contributed by atoms with Crippen LogP contribution in [0.15, 0.2) is 30.3 Å². The first-order valence-corrected chi connectivity index (χ1v) is 8.71. The number of hydrogen-bond donors (Lipinski definition) is 2. The average molecular weight is 378 g/mol. The van der Waals surface area contributed by atoms with Crippen molar-refractivity contribution in [3.8, 4) is 5.75 Å². The van der Waals surface area contributed by atoms with Crippen LogP contribution in [0.2, 0.25) is 0 Å². The Labute approximate surface area is 155 Å². The molecule has 1 aromatic carbocycles. The van der Waals surface area contributed by atoms with E-state index >= 15 is 0 Å². The molecule has 0 saturated carbocycles. The largest absolute Gasteiger partial charge is 0.497 e. The molecule has 8 heteroatoms. The summed E-state index contributed by atoms with van der Waals surface area (Å²) in [5.74, 6) is -0.0388. The van der Waals surface area contributed by atoms with E-state index in [0.29, 0.717) is 27.8 Å². The molecule has 0 radical (unpaired) electrons. The Morgan fingerprint density at radius 3 is 2.52 bits per heavy atom. The van der Waals surface area contributed by atoms with Crippen LogP contribution in [-0.2, 0) is 4.74 Å². The van der Waals surface area contributed by atoms with E-state index in [1.165, 1.54) is 11.3 Å². The summed E-state index contributed by atoms with van der Waals surface area (Å²) in [5.41, 5.74) is 1.25. The minimum atomic E-state index is -0.369. The highest BCUT2D eigenvalue weighted by atomic mass is 32.1. The lowest BCUT2D eigenvalue weighted by Gasteiger charge is -2.08. The Balaban J connectivity index is 1.98. The highest BCUT2D eigenvalue weighted by Crippen LogP contribution is 2.27. The molecule has 132 valence electrons. The fraction of sp³-hybridized carbons (Fsp3) is 0.235. The summed E-state index contributed by atoms with van der Waals surface area (Å²) in [6.07, 6.45) is 0. The number of anilines is 1. The fourth-order valence-electron chi connectivity index (χ4n) is 2.00. The van der Waals surface area contributed by atoms with E-state index in [-0.39, 0.29) is 17.0 Å². The fourth-order valence-corrected chi connectivity index (χ4v) is 3.24. The zero-order valence-corrected chi connectivity index (χ0v) is 15.7. The van der Waals surface area contributed by atoms with Gasteiger partial charge in [0.25, 0.3) is 5.91 Å². The van der Waals surface area contributed by atoms with Gasteiger partial charge in [0.1, 0.15) is 10.6 Å². The van der Waals surface area contributed by atoms with Gasteiger partial charge in [-0.15, -0.1) is 11.3 Å². The molecule has 0 atom stereocenters. The van der Waals surface area contributed by atoms with Gasteiger partial charge < -0.3 is 14.8 Å². The second-order valence-electron chi connectivity index (χ2n) is 4.98. The minimum Gasteiger partial charge on any atom is -0.497 e. The van der Waals surface area contributed by atoms with E-state index in [4.69, 9.17) is 21.7 Å². The lowest BCUT2D eigenvalue weighted by Crippen LogP contribution is -2.33. The second-order valence-corrected chi connectivity index (χ2v) is 6.44. The van der Waals surface area contributed by atoms with Gasteiger partial charge in [0.2, 0.25) is 0 Å². The summed E-state index contributed by atoms with van der Waals surface area (Å²) in [6.45, 7) is 3.88. The van der Waals surface area contributed by atoms with Gasteiger partial charge in [-0.1, -0.05) is 0 Å². The van der Waals surface area contributed by atoms with Crippen LogP contribution in [0.1, 0.15) is 32.5 Å². The van der Waals surface area contributed by atoms with Gasteiger partial charge in [0.15, 0.2) is 5.11 Å². The number of aryl methyl sites for hydroxylation is 1. The SMILES string of the molecule is CCOC(=O)c1sc(NC(=S)NC(=O)c2ccc(OC)cc2)cc1C. The number of thiocarbonyl (C=S) groups is 1. The highest BCUT2D eigenvalue weighted by Gasteiger charge is 2.16. The van der Waals surface area contributed by atoms with Crippen molar-refractivity contribution in [2.24, 2.45) is 0 Å². The Bertz CT molecular complexity index is 784. The predicted octanol–water partition coefficient (Wildman–Crippen LogP) is 3.37. The van der Waals surface area contributed by atoms with Crippen LogP contribution in [-0.4, -0.2) is 30.7 Å². The molecule has 1 heterocycles. The number of ether oxygens (including phenoxy) is 2. The summed E-state index contributed by atoms with van der Waals surface area (Å²) in [7, 11) is 1.56. The van der Waals surface area contributed by atoms with E-state index in [9.17, 15) is 9.59 Å². The molecule has 0 saturated heterocycles. The first kappa shape index (κ1) is 18.9. The summed E-state index contributed by atoms with van der Waals surface area (Å²) >= 11 is 6.38. The molecule has 0 spiro atoms. The topological polar surface area (TPSA) is 76.7 Å². The molecule has 0 aliphatic carbocycles. The van der Waals surface area contributed by atoms with Crippen LogP contribution >= 0.6 is 23.6 Å². The maximum atomic E-state index is 12.2. The second kappa shape index (κ2) is 8.59. The predicted molar refractivity (Wildman–Crippen MR) is 102 cm³/mol.